The summed E-state index contributed by atoms with van der Waals surface area (Å²) in [5.74, 6) is -0.643. The molecule has 48 heavy (non-hydrogen) atoms. The first-order valence-electron chi connectivity index (χ1n) is 15.0. The highest BCUT2D eigenvalue weighted by atomic mass is 16.6. The number of anilines is 2. The van der Waals surface area contributed by atoms with Gasteiger partial charge in [0.2, 0.25) is 0 Å². The summed E-state index contributed by atoms with van der Waals surface area (Å²) in [5.41, 5.74) is 9.96. The Hall–Kier alpha value is -5.53. The normalized spacial score (nSPS) is 10.9. The van der Waals surface area contributed by atoms with Gasteiger partial charge in [0, 0.05) is 28.1 Å². The molecule has 0 fully saturated rings. The largest absolute Gasteiger partial charge is 0.490 e. The number of nitrogen functional groups attached to an aromatic ring is 1. The molecule has 12 nitrogen and oxygen atoms in total. The van der Waals surface area contributed by atoms with E-state index < -0.39 is 30.8 Å². The van der Waals surface area contributed by atoms with E-state index in [1.807, 2.05) is 30.3 Å². The van der Waals surface area contributed by atoms with Crippen LogP contribution in [0.4, 0.5) is 16.3 Å². The van der Waals surface area contributed by atoms with Crippen molar-refractivity contribution < 1.29 is 38.6 Å². The summed E-state index contributed by atoms with van der Waals surface area (Å²) in [5, 5.41) is 22.9. The number of nitrogens with one attached hydrogen (secondary N) is 1. The number of carbonyl (C=O) groups is 3. The second-order valence-electron chi connectivity index (χ2n) is 11.7. The van der Waals surface area contributed by atoms with E-state index in [1.165, 1.54) is 38.0 Å². The van der Waals surface area contributed by atoms with E-state index in [2.05, 4.69) is 32.2 Å². The van der Waals surface area contributed by atoms with Crippen molar-refractivity contribution in [2.24, 2.45) is 0 Å². The predicted octanol–water partition coefficient (Wildman–Crippen LogP) is 4.44. The molecule has 0 saturated carbocycles. The monoisotopic (exact) mass is 652 g/mol. The first kappa shape index (κ1) is 35.3. The van der Waals surface area contributed by atoms with Crippen LogP contribution in [0.2, 0.25) is 0 Å². The average Bonchev–Trinajstić information content (AvgIpc) is 3.06. The van der Waals surface area contributed by atoms with Crippen molar-refractivity contribution in [2.75, 3.05) is 25.3 Å². The molecule has 3 aromatic carbocycles. The van der Waals surface area contributed by atoms with E-state index in [0.717, 1.165) is 29.2 Å². The van der Waals surface area contributed by atoms with Gasteiger partial charge in [-0.25, -0.2) is 19.4 Å². The van der Waals surface area contributed by atoms with Gasteiger partial charge in [0.05, 0.1) is 30.9 Å². The maximum absolute atomic E-state index is 11.8. The van der Waals surface area contributed by atoms with Crippen molar-refractivity contribution in [3.63, 3.8) is 0 Å². The predicted molar refractivity (Wildman–Crippen MR) is 184 cm³/mol. The number of methoxy groups -OCH3 is 2. The number of rotatable bonds is 7. The van der Waals surface area contributed by atoms with Gasteiger partial charge in [0.15, 0.2) is 5.82 Å². The maximum Gasteiger partial charge on any atom is 0.490 e. The maximum atomic E-state index is 11.8. The number of aryl methyl sites for hydroxylation is 2. The minimum absolute atomic E-state index is 0.0357. The lowest BCUT2D eigenvalue weighted by Gasteiger charge is -2.20. The molecule has 5 N–H and O–H groups in total. The first-order chi connectivity index (χ1) is 22.8. The number of pyridine rings is 2. The summed E-state index contributed by atoms with van der Waals surface area (Å²) in [6.07, 6.45) is 2.78. The van der Waals surface area contributed by atoms with Crippen molar-refractivity contribution in [3.8, 4) is 0 Å². The van der Waals surface area contributed by atoms with E-state index in [-0.39, 0.29) is 16.7 Å². The standard InChI is InChI=1S/C22H19N3O2.C13H18BNO6/c1-27-22(26)16-9-10-17-18(13-16)25-21(23)20-19(17)15(11-12-24-20)8-7-14-5-3-2-4-6-14;1-13(2,3)21-12(17)15-10-7-8(11(16)20-4)5-6-9(10)14(18)19/h2-6,9-13H,7-8H2,1H3,(H2,23,25);5-7,18-19H,1-4H3,(H,15,17). The summed E-state index contributed by atoms with van der Waals surface area (Å²) in [6, 6.07) is 21.7. The summed E-state index contributed by atoms with van der Waals surface area (Å²) in [7, 11) is 0.778. The highest BCUT2D eigenvalue weighted by molar-refractivity contribution is 6.60. The molecule has 2 aromatic heterocycles. The third-order valence-corrected chi connectivity index (χ3v) is 7.12. The average molecular weight is 653 g/mol. The molecule has 1 amide bonds. The Balaban J connectivity index is 0.000000225. The van der Waals surface area contributed by atoms with Crippen LogP contribution in [-0.4, -0.2) is 65.0 Å². The third kappa shape index (κ3) is 8.84. The van der Waals surface area contributed by atoms with E-state index >= 15 is 0 Å². The molecule has 5 rings (SSSR count). The number of nitrogens with zero attached hydrogens (tertiary/aromatic N) is 2. The summed E-state index contributed by atoms with van der Waals surface area (Å²) in [6.45, 7) is 5.08. The van der Waals surface area contributed by atoms with Gasteiger partial charge < -0.3 is 30.0 Å². The molecule has 0 aliphatic rings. The van der Waals surface area contributed by atoms with Gasteiger partial charge in [0.1, 0.15) is 11.1 Å². The fraction of sp³-hybridized carbons (Fsp3) is 0.229. The molecule has 0 saturated heterocycles. The smallest absolute Gasteiger partial charge is 0.465 e. The Morgan fingerprint density at radius 3 is 2.15 bits per heavy atom. The van der Waals surface area contributed by atoms with E-state index in [9.17, 15) is 24.4 Å². The third-order valence-electron chi connectivity index (χ3n) is 7.12. The van der Waals surface area contributed by atoms with Crippen LogP contribution in [0.5, 0.6) is 0 Å². The van der Waals surface area contributed by atoms with E-state index in [4.69, 9.17) is 15.2 Å². The molecule has 0 bridgehead atoms. The molecule has 0 atom stereocenters. The van der Waals surface area contributed by atoms with Gasteiger partial charge >= 0.3 is 25.2 Å². The summed E-state index contributed by atoms with van der Waals surface area (Å²) in [4.78, 5) is 43.9. The number of esters is 2. The van der Waals surface area contributed by atoms with Crippen LogP contribution in [-0.2, 0) is 27.1 Å². The Morgan fingerprint density at radius 1 is 0.875 bits per heavy atom. The molecule has 2 heterocycles. The van der Waals surface area contributed by atoms with Crippen molar-refractivity contribution in [2.45, 2.75) is 39.2 Å². The van der Waals surface area contributed by atoms with Gasteiger partial charge in [-0.3, -0.25) is 10.3 Å². The lowest BCUT2D eigenvalue weighted by molar-refractivity contribution is 0.0592. The highest BCUT2D eigenvalue weighted by Gasteiger charge is 2.22. The van der Waals surface area contributed by atoms with Crippen LogP contribution in [0.25, 0.3) is 21.8 Å². The first-order valence-corrected chi connectivity index (χ1v) is 15.0. The number of hydrogen-bond acceptors (Lipinski definition) is 11. The van der Waals surface area contributed by atoms with Gasteiger partial charge in [-0.15, -0.1) is 0 Å². The Kier molecular flexibility index (Phi) is 11.3. The van der Waals surface area contributed by atoms with E-state index in [1.54, 1.807) is 39.1 Å². The van der Waals surface area contributed by atoms with Gasteiger partial charge in [-0.2, -0.15) is 0 Å². The van der Waals surface area contributed by atoms with Crippen molar-refractivity contribution in [1.82, 2.24) is 9.97 Å². The minimum atomic E-state index is -1.80. The van der Waals surface area contributed by atoms with Crippen LogP contribution in [0, 0.1) is 0 Å². The zero-order valence-corrected chi connectivity index (χ0v) is 27.3. The van der Waals surface area contributed by atoms with Gasteiger partial charge in [0.25, 0.3) is 0 Å². The minimum Gasteiger partial charge on any atom is -0.465 e. The fourth-order valence-electron chi connectivity index (χ4n) is 4.94. The highest BCUT2D eigenvalue weighted by Crippen LogP contribution is 2.30. The SMILES string of the molecule is COC(=O)c1ccc(B(O)O)c(NC(=O)OC(C)(C)C)c1.COC(=O)c1ccc2c(c1)nc(N)c1nccc(CCc3ccccc3)c12. The number of benzene rings is 3. The molecule has 0 aliphatic heterocycles. The number of aromatic nitrogens is 2. The Bertz CT molecular complexity index is 1950. The van der Waals surface area contributed by atoms with Gasteiger partial charge in [-0.1, -0.05) is 42.5 Å². The molecule has 0 aliphatic carbocycles. The van der Waals surface area contributed by atoms with Crippen molar-refractivity contribution in [3.05, 3.63) is 101 Å². The number of carbonyl (C=O) groups excluding carboxylic acids is 3. The molecular weight excluding hydrogens is 615 g/mol. The van der Waals surface area contributed by atoms with Crippen LogP contribution in [0.1, 0.15) is 52.6 Å². The van der Waals surface area contributed by atoms with Crippen molar-refractivity contribution >= 4 is 63.9 Å². The van der Waals surface area contributed by atoms with Crippen molar-refractivity contribution in [1.29, 1.82) is 0 Å². The number of nitrogens with two attached hydrogens (primary N) is 1. The zero-order valence-electron chi connectivity index (χ0n) is 27.3. The molecule has 0 unspecified atom stereocenters. The lowest BCUT2D eigenvalue weighted by atomic mass is 9.78. The molecule has 248 valence electrons. The summed E-state index contributed by atoms with van der Waals surface area (Å²) >= 11 is 0. The second-order valence-corrected chi connectivity index (χ2v) is 11.7. The summed E-state index contributed by atoms with van der Waals surface area (Å²) < 4.78 is 14.4. The van der Waals surface area contributed by atoms with Crippen LogP contribution in [0.3, 0.4) is 0 Å². The molecule has 0 radical (unpaired) electrons. The Morgan fingerprint density at radius 2 is 1.52 bits per heavy atom. The number of hydrogen-bond donors (Lipinski definition) is 4. The van der Waals surface area contributed by atoms with Gasteiger partial charge in [-0.05, 0) is 75.1 Å². The van der Waals surface area contributed by atoms with E-state index in [0.29, 0.717) is 22.4 Å². The second kappa shape index (κ2) is 15.4. The van der Waals surface area contributed by atoms with Crippen LogP contribution >= 0.6 is 0 Å². The molecule has 13 heteroatoms. The topological polar surface area (TPSA) is 183 Å². The molecule has 5 aromatic rings. The molecular formula is C35H37BN4O8. The van der Waals surface area contributed by atoms with Crippen LogP contribution in [0.15, 0.2) is 79.0 Å². The number of fused-ring (bicyclic) bond motifs is 3. The fourth-order valence-corrected chi connectivity index (χ4v) is 4.94. The lowest BCUT2D eigenvalue weighted by Crippen LogP contribution is -2.35. The Labute approximate surface area is 278 Å². The molecule has 0 spiro atoms. The number of amides is 1. The number of ether oxygens (including phenoxy) is 3. The van der Waals surface area contributed by atoms with Crippen LogP contribution < -0.4 is 16.5 Å². The quantitative estimate of drug-likeness (QED) is 0.0844. The zero-order chi connectivity index (χ0) is 35.0.